The minimum Gasteiger partial charge on any atom is -0.444 e. The second-order valence-electron chi connectivity index (χ2n) is 7.09. The summed E-state index contributed by atoms with van der Waals surface area (Å²) in [5.41, 5.74) is 0.646. The van der Waals surface area contributed by atoms with Crippen molar-refractivity contribution in [1.82, 2.24) is 9.80 Å². The Morgan fingerprint density at radius 2 is 1.85 bits per heavy atom. The van der Waals surface area contributed by atoms with E-state index in [1.807, 2.05) is 70.0 Å². The van der Waals surface area contributed by atoms with Gasteiger partial charge in [0.05, 0.1) is 19.8 Å². The van der Waals surface area contributed by atoms with Crippen molar-refractivity contribution < 1.29 is 14.3 Å². The van der Waals surface area contributed by atoms with Crippen LogP contribution in [0, 0.1) is 0 Å². The minimum absolute atomic E-state index is 0.324. The summed E-state index contributed by atoms with van der Waals surface area (Å²) in [6, 6.07) is 10.1. The molecule has 1 aromatic carbocycles. The van der Waals surface area contributed by atoms with Crippen molar-refractivity contribution in [3.05, 3.63) is 35.9 Å². The maximum Gasteiger partial charge on any atom is 0.410 e. The molecule has 6 heteroatoms. The fourth-order valence-corrected chi connectivity index (χ4v) is 2.26. The summed E-state index contributed by atoms with van der Waals surface area (Å²) < 4.78 is 11.2. The Bertz CT molecular complexity index is 567. The van der Waals surface area contributed by atoms with Crippen LogP contribution in [0.5, 0.6) is 0 Å². The van der Waals surface area contributed by atoms with Crippen LogP contribution in [0.15, 0.2) is 35.3 Å². The zero-order chi connectivity index (χ0) is 19.6. The summed E-state index contributed by atoms with van der Waals surface area (Å²) in [4.78, 5) is 20.3. The zero-order valence-electron chi connectivity index (χ0n) is 17.0. The normalized spacial score (nSPS) is 12.0. The molecule has 0 fully saturated rings. The molecular weight excluding hydrogens is 330 g/mol. The van der Waals surface area contributed by atoms with Gasteiger partial charge >= 0.3 is 6.09 Å². The highest BCUT2D eigenvalue weighted by Gasteiger charge is 2.22. The summed E-state index contributed by atoms with van der Waals surface area (Å²) in [5.74, 6) is 0.820. The molecule has 0 saturated carbocycles. The van der Waals surface area contributed by atoms with Gasteiger partial charge in [0, 0.05) is 27.2 Å². The predicted molar refractivity (Wildman–Crippen MR) is 106 cm³/mol. The van der Waals surface area contributed by atoms with Crippen molar-refractivity contribution in [2.75, 3.05) is 40.3 Å². The first-order valence-electron chi connectivity index (χ1n) is 9.03. The van der Waals surface area contributed by atoms with Gasteiger partial charge in [0.1, 0.15) is 11.4 Å². The molecule has 146 valence electrons. The molecule has 0 bridgehead atoms. The molecule has 0 radical (unpaired) electrons. The summed E-state index contributed by atoms with van der Waals surface area (Å²) in [6.45, 7) is 10.4. The van der Waals surface area contributed by atoms with E-state index in [-0.39, 0.29) is 6.09 Å². The van der Waals surface area contributed by atoms with Crippen LogP contribution in [0.4, 0.5) is 4.79 Å². The van der Waals surface area contributed by atoms with Crippen LogP contribution in [-0.2, 0) is 16.1 Å². The smallest absolute Gasteiger partial charge is 0.410 e. The van der Waals surface area contributed by atoms with E-state index in [0.717, 1.165) is 11.4 Å². The summed E-state index contributed by atoms with van der Waals surface area (Å²) >= 11 is 0. The molecule has 6 nitrogen and oxygen atoms in total. The molecule has 1 aromatic rings. The Labute approximate surface area is 157 Å². The highest BCUT2D eigenvalue weighted by molar-refractivity contribution is 5.86. The number of ether oxygens (including phenoxy) is 2. The number of carbonyl (C=O) groups excluding carboxylic acids is 1. The van der Waals surface area contributed by atoms with Gasteiger partial charge in [-0.25, -0.2) is 4.79 Å². The van der Waals surface area contributed by atoms with Gasteiger partial charge < -0.3 is 19.3 Å². The third kappa shape index (κ3) is 8.34. The third-order valence-electron chi connectivity index (χ3n) is 3.75. The molecule has 0 spiro atoms. The Morgan fingerprint density at radius 3 is 2.38 bits per heavy atom. The van der Waals surface area contributed by atoms with Crippen LogP contribution in [-0.4, -0.2) is 67.7 Å². The Hall–Kier alpha value is -2.08. The topological polar surface area (TPSA) is 54.4 Å². The van der Waals surface area contributed by atoms with E-state index in [1.54, 1.807) is 11.9 Å². The van der Waals surface area contributed by atoms with Crippen LogP contribution in [0.2, 0.25) is 0 Å². The average Bonchev–Trinajstić information content (AvgIpc) is 2.59. The Morgan fingerprint density at radius 1 is 1.19 bits per heavy atom. The molecule has 0 aliphatic heterocycles. The first-order chi connectivity index (χ1) is 12.3. The van der Waals surface area contributed by atoms with Gasteiger partial charge in [-0.15, -0.1) is 0 Å². The van der Waals surface area contributed by atoms with E-state index in [1.165, 1.54) is 0 Å². The van der Waals surface area contributed by atoms with Gasteiger partial charge in [-0.1, -0.05) is 30.3 Å². The first-order valence-corrected chi connectivity index (χ1v) is 9.03. The number of amidine groups is 1. The lowest BCUT2D eigenvalue weighted by Gasteiger charge is -2.29. The Kier molecular flexibility index (Phi) is 9.13. The second-order valence-corrected chi connectivity index (χ2v) is 7.09. The molecule has 0 atom stereocenters. The molecule has 0 aliphatic rings. The number of benzene rings is 1. The van der Waals surface area contributed by atoms with E-state index < -0.39 is 5.60 Å². The monoisotopic (exact) mass is 363 g/mol. The van der Waals surface area contributed by atoms with Gasteiger partial charge in [0.25, 0.3) is 0 Å². The molecule has 0 aliphatic carbocycles. The van der Waals surface area contributed by atoms with Crippen molar-refractivity contribution in [2.24, 2.45) is 4.99 Å². The number of carbonyl (C=O) groups is 1. The zero-order valence-corrected chi connectivity index (χ0v) is 17.0. The van der Waals surface area contributed by atoms with Crippen molar-refractivity contribution >= 4 is 11.9 Å². The second kappa shape index (κ2) is 10.8. The minimum atomic E-state index is -0.509. The quantitative estimate of drug-likeness (QED) is 0.403. The molecule has 0 saturated heterocycles. The highest BCUT2D eigenvalue weighted by Crippen LogP contribution is 2.10. The van der Waals surface area contributed by atoms with Crippen molar-refractivity contribution in [3.8, 4) is 0 Å². The van der Waals surface area contributed by atoms with Gasteiger partial charge in [0.15, 0.2) is 0 Å². The van der Waals surface area contributed by atoms with Crippen molar-refractivity contribution in [3.63, 3.8) is 0 Å². The standard InChI is InChI=1S/C20H33N3O3/c1-7-23(19(24)26-20(2,3)4)15-18(21-5)22(6)13-14-25-16-17-11-9-8-10-12-17/h8-12H,7,13-16H2,1-6H3/b21-18-. The van der Waals surface area contributed by atoms with Crippen LogP contribution in [0.3, 0.4) is 0 Å². The molecule has 1 rings (SSSR count). The van der Waals surface area contributed by atoms with Crippen LogP contribution in [0.25, 0.3) is 0 Å². The SMILES string of the molecule is CCN(C/C(=N/C)N(C)CCOCc1ccccc1)C(=O)OC(C)(C)C. The number of aliphatic imine (C=N–C) groups is 1. The van der Waals surface area contributed by atoms with E-state index in [9.17, 15) is 4.79 Å². The lowest BCUT2D eigenvalue weighted by molar-refractivity contribution is 0.0284. The number of amides is 1. The largest absolute Gasteiger partial charge is 0.444 e. The maximum atomic E-state index is 12.3. The molecule has 0 heterocycles. The molecule has 0 unspecified atom stereocenters. The van der Waals surface area contributed by atoms with E-state index >= 15 is 0 Å². The van der Waals surface area contributed by atoms with Crippen LogP contribution >= 0.6 is 0 Å². The van der Waals surface area contributed by atoms with Crippen molar-refractivity contribution in [1.29, 1.82) is 0 Å². The molecular formula is C20H33N3O3. The van der Waals surface area contributed by atoms with Gasteiger partial charge in [-0.05, 0) is 33.3 Å². The maximum absolute atomic E-state index is 12.3. The van der Waals surface area contributed by atoms with E-state index in [0.29, 0.717) is 32.8 Å². The lowest BCUT2D eigenvalue weighted by atomic mass is 10.2. The fourth-order valence-electron chi connectivity index (χ4n) is 2.26. The van der Waals surface area contributed by atoms with Gasteiger partial charge in [-0.2, -0.15) is 0 Å². The molecule has 1 amide bonds. The van der Waals surface area contributed by atoms with Gasteiger partial charge in [-0.3, -0.25) is 4.99 Å². The lowest BCUT2D eigenvalue weighted by Crippen LogP contribution is -2.44. The summed E-state index contributed by atoms with van der Waals surface area (Å²) in [7, 11) is 3.69. The number of hydrogen-bond acceptors (Lipinski definition) is 4. The summed E-state index contributed by atoms with van der Waals surface area (Å²) in [6.07, 6.45) is -0.324. The van der Waals surface area contributed by atoms with Crippen LogP contribution in [0.1, 0.15) is 33.3 Å². The molecule has 0 N–H and O–H groups in total. The van der Waals surface area contributed by atoms with E-state index in [4.69, 9.17) is 9.47 Å². The van der Waals surface area contributed by atoms with Crippen molar-refractivity contribution in [2.45, 2.75) is 39.9 Å². The number of hydrogen-bond donors (Lipinski definition) is 0. The van der Waals surface area contributed by atoms with Crippen LogP contribution < -0.4 is 0 Å². The van der Waals surface area contributed by atoms with E-state index in [2.05, 4.69) is 4.99 Å². The predicted octanol–water partition coefficient (Wildman–Crippen LogP) is 3.42. The third-order valence-corrected chi connectivity index (χ3v) is 3.75. The highest BCUT2D eigenvalue weighted by atomic mass is 16.6. The summed E-state index contributed by atoms with van der Waals surface area (Å²) in [5, 5.41) is 0. The molecule has 26 heavy (non-hydrogen) atoms. The molecule has 0 aromatic heterocycles. The average molecular weight is 364 g/mol. The van der Waals surface area contributed by atoms with Gasteiger partial charge in [0.2, 0.25) is 0 Å². The first kappa shape index (κ1) is 22.0. The Balaban J connectivity index is 2.46. The number of likely N-dealkylation sites (N-methyl/N-ethyl adjacent to an activating group) is 2. The fraction of sp³-hybridized carbons (Fsp3) is 0.600. The number of rotatable bonds is 8. The number of nitrogens with zero attached hydrogens (tertiary/aromatic N) is 3.